The highest BCUT2D eigenvalue weighted by atomic mass is 19.1. The van der Waals surface area contributed by atoms with Crippen molar-refractivity contribution >= 4 is 5.91 Å². The molecular formula is C14H19FN2O2. The summed E-state index contributed by atoms with van der Waals surface area (Å²) in [7, 11) is 3.23. The van der Waals surface area contributed by atoms with E-state index < -0.39 is 5.82 Å². The molecule has 0 spiro atoms. The predicted octanol–water partition coefficient (Wildman–Crippen LogP) is 1.20. The number of benzene rings is 1. The maximum atomic E-state index is 13.5. The quantitative estimate of drug-likeness (QED) is 0.890. The van der Waals surface area contributed by atoms with E-state index in [1.54, 1.807) is 24.1 Å². The second-order valence-electron chi connectivity index (χ2n) is 4.80. The van der Waals surface area contributed by atoms with Gasteiger partial charge in [-0.25, -0.2) is 4.39 Å². The normalized spacial score (nSPS) is 18.4. The Balaban J connectivity index is 2.00. The van der Waals surface area contributed by atoms with Gasteiger partial charge in [0.1, 0.15) is 0 Å². The second kappa shape index (κ2) is 6.02. The van der Waals surface area contributed by atoms with Crippen LogP contribution in [0.25, 0.3) is 0 Å². The average molecular weight is 266 g/mol. The number of rotatable bonds is 4. The van der Waals surface area contributed by atoms with Crippen molar-refractivity contribution < 1.29 is 13.9 Å². The Labute approximate surface area is 112 Å². The fourth-order valence-electron chi connectivity index (χ4n) is 2.29. The second-order valence-corrected chi connectivity index (χ2v) is 4.80. The van der Waals surface area contributed by atoms with E-state index in [4.69, 9.17) is 4.74 Å². The zero-order valence-electron chi connectivity index (χ0n) is 11.3. The van der Waals surface area contributed by atoms with E-state index in [1.807, 2.05) is 0 Å². The van der Waals surface area contributed by atoms with Gasteiger partial charge in [-0.05, 0) is 30.7 Å². The van der Waals surface area contributed by atoms with Crippen LogP contribution in [0.2, 0.25) is 0 Å². The molecule has 1 aliphatic rings. The SMILES string of the molecule is COc1ccc(CC(=O)N(C)[C@H]2CCNC2)cc1F. The maximum Gasteiger partial charge on any atom is 0.227 e. The molecule has 5 heteroatoms. The Morgan fingerprint density at radius 3 is 2.95 bits per heavy atom. The molecule has 1 amide bonds. The molecule has 2 rings (SSSR count). The predicted molar refractivity (Wildman–Crippen MR) is 70.7 cm³/mol. The van der Waals surface area contributed by atoms with Crippen LogP contribution < -0.4 is 10.1 Å². The number of likely N-dealkylation sites (N-methyl/N-ethyl adjacent to an activating group) is 1. The van der Waals surface area contributed by atoms with Crippen LogP contribution in [-0.4, -0.2) is 44.1 Å². The summed E-state index contributed by atoms with van der Waals surface area (Å²) in [6.45, 7) is 1.78. The molecule has 19 heavy (non-hydrogen) atoms. The largest absolute Gasteiger partial charge is 0.494 e. The molecule has 1 heterocycles. The van der Waals surface area contributed by atoms with E-state index >= 15 is 0 Å². The van der Waals surface area contributed by atoms with Crippen molar-refractivity contribution in [2.24, 2.45) is 0 Å². The van der Waals surface area contributed by atoms with Gasteiger partial charge in [0, 0.05) is 19.6 Å². The molecular weight excluding hydrogens is 247 g/mol. The van der Waals surface area contributed by atoms with E-state index in [-0.39, 0.29) is 24.1 Å². The van der Waals surface area contributed by atoms with E-state index in [1.165, 1.54) is 13.2 Å². The molecule has 0 radical (unpaired) electrons. The summed E-state index contributed by atoms with van der Waals surface area (Å²) in [5.74, 6) is -0.221. The number of amides is 1. The van der Waals surface area contributed by atoms with Crippen LogP contribution in [0.3, 0.4) is 0 Å². The number of hydrogen-bond acceptors (Lipinski definition) is 3. The minimum atomic E-state index is -0.432. The van der Waals surface area contributed by atoms with Crippen LogP contribution in [0, 0.1) is 5.82 Å². The molecule has 1 aliphatic heterocycles. The number of carbonyl (C=O) groups excluding carboxylic acids is 1. The Hall–Kier alpha value is -1.62. The molecule has 1 aromatic carbocycles. The van der Waals surface area contributed by atoms with Crippen molar-refractivity contribution in [3.05, 3.63) is 29.6 Å². The smallest absolute Gasteiger partial charge is 0.227 e. The van der Waals surface area contributed by atoms with Gasteiger partial charge in [0.25, 0.3) is 0 Å². The van der Waals surface area contributed by atoms with Crippen molar-refractivity contribution in [2.75, 3.05) is 27.2 Å². The lowest BCUT2D eigenvalue weighted by Crippen LogP contribution is -2.39. The number of nitrogens with one attached hydrogen (secondary N) is 1. The first kappa shape index (κ1) is 13.8. The average Bonchev–Trinajstić information content (AvgIpc) is 2.92. The summed E-state index contributed by atoms with van der Waals surface area (Å²) in [6, 6.07) is 4.88. The van der Waals surface area contributed by atoms with Crippen LogP contribution in [0.15, 0.2) is 18.2 Å². The van der Waals surface area contributed by atoms with E-state index in [0.717, 1.165) is 19.5 Å². The molecule has 0 unspecified atom stereocenters. The minimum Gasteiger partial charge on any atom is -0.494 e. The molecule has 1 aromatic rings. The minimum absolute atomic E-state index is 0.0123. The van der Waals surface area contributed by atoms with Gasteiger partial charge in [-0.2, -0.15) is 0 Å². The van der Waals surface area contributed by atoms with Gasteiger partial charge < -0.3 is 15.0 Å². The highest BCUT2D eigenvalue weighted by Gasteiger charge is 2.23. The van der Waals surface area contributed by atoms with Crippen molar-refractivity contribution in [3.63, 3.8) is 0 Å². The van der Waals surface area contributed by atoms with Crippen molar-refractivity contribution in [3.8, 4) is 5.75 Å². The molecule has 0 saturated carbocycles. The number of hydrogen-bond donors (Lipinski definition) is 1. The third-order valence-electron chi connectivity index (χ3n) is 3.55. The molecule has 104 valence electrons. The lowest BCUT2D eigenvalue weighted by molar-refractivity contribution is -0.130. The third kappa shape index (κ3) is 3.23. The summed E-state index contributed by atoms with van der Waals surface area (Å²) < 4.78 is 18.4. The zero-order chi connectivity index (χ0) is 13.8. The molecule has 1 atom stereocenters. The molecule has 1 N–H and O–H groups in total. The first-order valence-electron chi connectivity index (χ1n) is 6.40. The van der Waals surface area contributed by atoms with Crippen molar-refractivity contribution in [2.45, 2.75) is 18.9 Å². The highest BCUT2D eigenvalue weighted by Crippen LogP contribution is 2.18. The number of methoxy groups -OCH3 is 1. The molecule has 1 fully saturated rings. The Bertz CT molecular complexity index is 459. The fraction of sp³-hybridized carbons (Fsp3) is 0.500. The topological polar surface area (TPSA) is 41.6 Å². The van der Waals surface area contributed by atoms with Gasteiger partial charge in [0.2, 0.25) is 5.91 Å². The molecule has 0 aliphatic carbocycles. The summed E-state index contributed by atoms with van der Waals surface area (Å²) in [6.07, 6.45) is 1.19. The number of nitrogens with zero attached hydrogens (tertiary/aromatic N) is 1. The molecule has 1 saturated heterocycles. The van der Waals surface area contributed by atoms with Gasteiger partial charge in [0.05, 0.1) is 13.5 Å². The standard InChI is InChI=1S/C14H19FN2O2/c1-17(11-5-6-16-9-11)14(18)8-10-3-4-13(19-2)12(15)7-10/h3-4,7,11,16H,5-6,8-9H2,1-2H3/t11-/m0/s1. The van der Waals surface area contributed by atoms with E-state index in [9.17, 15) is 9.18 Å². The Kier molecular flexibility index (Phi) is 4.37. The lowest BCUT2D eigenvalue weighted by atomic mass is 10.1. The van der Waals surface area contributed by atoms with Crippen molar-refractivity contribution in [1.82, 2.24) is 10.2 Å². The summed E-state index contributed by atoms with van der Waals surface area (Å²) >= 11 is 0. The van der Waals surface area contributed by atoms with E-state index in [0.29, 0.717) is 5.56 Å². The van der Waals surface area contributed by atoms with Gasteiger partial charge in [-0.1, -0.05) is 6.07 Å². The number of carbonyl (C=O) groups is 1. The van der Waals surface area contributed by atoms with Crippen LogP contribution >= 0.6 is 0 Å². The number of halogens is 1. The van der Waals surface area contributed by atoms with Crippen LogP contribution in [-0.2, 0) is 11.2 Å². The third-order valence-corrected chi connectivity index (χ3v) is 3.55. The first-order valence-corrected chi connectivity index (χ1v) is 6.40. The van der Waals surface area contributed by atoms with Gasteiger partial charge in [-0.3, -0.25) is 4.79 Å². The van der Waals surface area contributed by atoms with Crippen LogP contribution in [0.1, 0.15) is 12.0 Å². The highest BCUT2D eigenvalue weighted by molar-refractivity contribution is 5.79. The van der Waals surface area contributed by atoms with Crippen molar-refractivity contribution in [1.29, 1.82) is 0 Å². The fourth-order valence-corrected chi connectivity index (χ4v) is 2.29. The molecule has 0 aromatic heterocycles. The molecule has 4 nitrogen and oxygen atoms in total. The lowest BCUT2D eigenvalue weighted by Gasteiger charge is -2.23. The van der Waals surface area contributed by atoms with E-state index in [2.05, 4.69) is 5.32 Å². The first-order chi connectivity index (χ1) is 9.11. The van der Waals surface area contributed by atoms with Gasteiger partial charge in [-0.15, -0.1) is 0 Å². The van der Waals surface area contributed by atoms with Gasteiger partial charge in [0.15, 0.2) is 11.6 Å². The zero-order valence-corrected chi connectivity index (χ0v) is 11.3. The van der Waals surface area contributed by atoms with Gasteiger partial charge >= 0.3 is 0 Å². The monoisotopic (exact) mass is 266 g/mol. The maximum absolute atomic E-state index is 13.5. The van der Waals surface area contributed by atoms with Crippen LogP contribution in [0.5, 0.6) is 5.75 Å². The summed E-state index contributed by atoms with van der Waals surface area (Å²) in [5.41, 5.74) is 0.668. The summed E-state index contributed by atoms with van der Waals surface area (Å²) in [5, 5.41) is 3.23. The Morgan fingerprint density at radius 1 is 1.58 bits per heavy atom. The Morgan fingerprint density at radius 2 is 2.37 bits per heavy atom. The summed E-state index contributed by atoms with van der Waals surface area (Å²) in [4.78, 5) is 13.9. The molecule has 0 bridgehead atoms. The van der Waals surface area contributed by atoms with Crippen LogP contribution in [0.4, 0.5) is 4.39 Å². The number of ether oxygens (including phenoxy) is 1.